The number of carbonyl (C=O) groups excluding carboxylic acids is 4. The molecular weight excluding hydrogens is 742 g/mol. The number of amides is 3. The highest BCUT2D eigenvalue weighted by Crippen LogP contribution is 2.60. The van der Waals surface area contributed by atoms with Crippen LogP contribution in [-0.2, 0) is 33.4 Å². The number of nitrogens with one attached hydrogen (secondary N) is 1. The van der Waals surface area contributed by atoms with Crippen LogP contribution in [0.2, 0.25) is 5.02 Å². The zero-order valence-electron chi connectivity index (χ0n) is 28.7. The summed E-state index contributed by atoms with van der Waals surface area (Å²) in [6.45, 7) is 3.57. The molecule has 4 aliphatic rings. The van der Waals surface area contributed by atoms with Crippen molar-refractivity contribution < 1.29 is 38.5 Å². The standard InChI is InChI=1S/C38H43BrClN3O8/c1-4-22(2)28(20-44)43-34-36(47)42(27-16-11-10-15-25(27)40)18-12-6-9-17-29(45)41-26(21-49-3)32(23-13-7-5-8-14-23)50-37(48)30-31(35(43)46)38(34)19-24(39)33(30)51-38/h5-8,10-16,19,22,26,28,30-34,44H,4,9,17-18,20-21H2,1-3H3,(H,41,45)/b12-6-/t22-,26-,28-,30+,31-,32-,33+,34+,38-/m0/s1. The maximum atomic E-state index is 15.2. The molecular formula is C38H43BrClN3O8. The average molecular weight is 785 g/mol. The van der Waals surface area contributed by atoms with E-state index in [4.69, 9.17) is 25.8 Å². The minimum absolute atomic E-state index is 0.0408. The summed E-state index contributed by atoms with van der Waals surface area (Å²) < 4.78 is 19.0. The lowest BCUT2D eigenvalue weighted by Gasteiger charge is -2.40. The Morgan fingerprint density at radius 3 is 2.47 bits per heavy atom. The van der Waals surface area contributed by atoms with Gasteiger partial charge in [-0.25, -0.2) is 0 Å². The molecule has 3 amide bonds. The molecule has 0 aliphatic carbocycles. The third kappa shape index (κ3) is 6.77. The first-order valence-corrected chi connectivity index (χ1v) is 18.5. The van der Waals surface area contributed by atoms with Crippen LogP contribution >= 0.6 is 27.5 Å². The number of methoxy groups -OCH3 is 1. The van der Waals surface area contributed by atoms with E-state index in [1.807, 2.05) is 26.0 Å². The number of esters is 1. The van der Waals surface area contributed by atoms with Gasteiger partial charge in [-0.05, 0) is 36.1 Å². The molecule has 4 heterocycles. The van der Waals surface area contributed by atoms with E-state index in [1.165, 1.54) is 16.9 Å². The predicted molar refractivity (Wildman–Crippen MR) is 194 cm³/mol. The van der Waals surface area contributed by atoms with Gasteiger partial charge in [-0.15, -0.1) is 0 Å². The number of fused-ring (bicyclic) bond motifs is 2. The van der Waals surface area contributed by atoms with Gasteiger partial charge in [0.15, 0.2) is 0 Å². The largest absolute Gasteiger partial charge is 0.455 e. The van der Waals surface area contributed by atoms with Crippen LogP contribution < -0.4 is 10.2 Å². The molecule has 11 nitrogen and oxygen atoms in total. The average Bonchev–Trinajstić information content (AvgIpc) is 3.72. The minimum Gasteiger partial charge on any atom is -0.455 e. The number of allylic oxidation sites excluding steroid dienone is 1. The molecule has 2 N–H and O–H groups in total. The first kappa shape index (κ1) is 37.2. The third-order valence-electron chi connectivity index (χ3n) is 10.5. The summed E-state index contributed by atoms with van der Waals surface area (Å²) in [4.78, 5) is 60.9. The normalized spacial score (nSPS) is 31.5. The molecule has 0 saturated carbocycles. The fourth-order valence-corrected chi connectivity index (χ4v) is 8.88. The zero-order valence-corrected chi connectivity index (χ0v) is 31.1. The maximum Gasteiger partial charge on any atom is 0.313 e. The number of carbonyl (C=O) groups is 4. The van der Waals surface area contributed by atoms with Crippen LogP contribution in [-0.4, -0.2) is 90.4 Å². The monoisotopic (exact) mass is 783 g/mol. The Kier molecular flexibility index (Phi) is 11.4. The van der Waals surface area contributed by atoms with Crippen molar-refractivity contribution in [3.63, 3.8) is 0 Å². The van der Waals surface area contributed by atoms with Crippen molar-refractivity contribution >= 4 is 56.9 Å². The number of anilines is 1. The number of ether oxygens (including phenoxy) is 3. The summed E-state index contributed by atoms with van der Waals surface area (Å²) in [7, 11) is 1.50. The van der Waals surface area contributed by atoms with Gasteiger partial charge in [0.05, 0.1) is 41.9 Å². The third-order valence-corrected chi connectivity index (χ3v) is 11.5. The van der Waals surface area contributed by atoms with Gasteiger partial charge in [-0.1, -0.05) is 102 Å². The van der Waals surface area contributed by atoms with E-state index in [1.54, 1.807) is 60.7 Å². The van der Waals surface area contributed by atoms with Crippen LogP contribution in [0.1, 0.15) is 44.8 Å². The highest BCUT2D eigenvalue weighted by Gasteiger charge is 2.75. The van der Waals surface area contributed by atoms with Crippen LogP contribution in [0.25, 0.3) is 0 Å². The number of aliphatic hydroxyl groups is 1. The van der Waals surface area contributed by atoms with Gasteiger partial charge in [0.25, 0.3) is 5.91 Å². The van der Waals surface area contributed by atoms with E-state index >= 15 is 4.79 Å². The molecule has 2 saturated heterocycles. The molecule has 13 heteroatoms. The van der Waals surface area contributed by atoms with Crippen molar-refractivity contribution in [2.75, 3.05) is 31.8 Å². The molecule has 4 aliphatic heterocycles. The van der Waals surface area contributed by atoms with Crippen molar-refractivity contribution in [2.45, 2.75) is 69.0 Å². The van der Waals surface area contributed by atoms with E-state index < -0.39 is 72.2 Å². The van der Waals surface area contributed by atoms with Crippen LogP contribution in [0.4, 0.5) is 5.69 Å². The van der Waals surface area contributed by atoms with Gasteiger partial charge in [0.1, 0.15) is 29.8 Å². The summed E-state index contributed by atoms with van der Waals surface area (Å²) in [5, 5.41) is 14.1. The van der Waals surface area contributed by atoms with Crippen molar-refractivity contribution in [3.8, 4) is 0 Å². The molecule has 2 aromatic carbocycles. The Bertz CT molecular complexity index is 1710. The SMILES string of the molecule is CC[C@H](C)[C@H](CO)N1C(=O)[C@@H]2[C@H]3C(=O)O[C@@H](c4ccccc4)[C@H](COC)NC(=O)CC/C=C\CN(c4ccccc4Cl)C(=O)[C@@H]1[C@]21C=C(Br)[C@H]3O1. The van der Waals surface area contributed by atoms with Crippen LogP contribution in [0.3, 0.4) is 0 Å². The minimum atomic E-state index is -1.57. The molecule has 6 rings (SSSR count). The molecule has 51 heavy (non-hydrogen) atoms. The lowest BCUT2D eigenvalue weighted by molar-refractivity contribution is -0.163. The van der Waals surface area contributed by atoms with E-state index in [0.29, 0.717) is 33.6 Å². The number of hydrogen-bond donors (Lipinski definition) is 2. The summed E-state index contributed by atoms with van der Waals surface area (Å²) in [5.74, 6) is -4.46. The number of likely N-dealkylation sites (tertiary alicyclic amines) is 1. The van der Waals surface area contributed by atoms with E-state index in [9.17, 15) is 19.5 Å². The smallest absolute Gasteiger partial charge is 0.313 e. The van der Waals surface area contributed by atoms with Gasteiger partial charge < -0.3 is 34.4 Å². The number of nitrogens with zero attached hydrogens (tertiary/aromatic N) is 2. The first-order chi connectivity index (χ1) is 24.6. The maximum absolute atomic E-state index is 15.2. The Morgan fingerprint density at radius 2 is 1.78 bits per heavy atom. The van der Waals surface area contributed by atoms with Crippen molar-refractivity contribution in [1.82, 2.24) is 10.2 Å². The molecule has 2 fully saturated rings. The van der Waals surface area contributed by atoms with Crippen molar-refractivity contribution in [2.24, 2.45) is 17.8 Å². The van der Waals surface area contributed by atoms with Gasteiger partial charge in [0.2, 0.25) is 11.8 Å². The highest BCUT2D eigenvalue weighted by molar-refractivity contribution is 9.11. The molecule has 2 aromatic rings. The lowest BCUT2D eigenvalue weighted by atomic mass is 9.74. The van der Waals surface area contributed by atoms with Crippen molar-refractivity contribution in [1.29, 1.82) is 0 Å². The second kappa shape index (κ2) is 15.6. The Balaban J connectivity index is 1.52. The van der Waals surface area contributed by atoms with Crippen LogP contribution in [0.15, 0.2) is 77.3 Å². The fourth-order valence-electron chi connectivity index (χ4n) is 7.91. The fraction of sp³-hybridized carbons (Fsp3) is 0.474. The van der Waals surface area contributed by atoms with Crippen LogP contribution in [0, 0.1) is 17.8 Å². The summed E-state index contributed by atoms with van der Waals surface area (Å²) in [6.07, 6.45) is 4.54. The number of rotatable bonds is 8. The summed E-state index contributed by atoms with van der Waals surface area (Å²) in [5.41, 5.74) is -0.526. The number of halogens is 2. The Hall–Kier alpha value is -3.55. The molecule has 9 atom stereocenters. The Labute approximate surface area is 311 Å². The van der Waals surface area contributed by atoms with E-state index in [-0.39, 0.29) is 31.4 Å². The number of benzene rings is 2. The quantitative estimate of drug-likeness (QED) is 0.291. The molecule has 0 radical (unpaired) electrons. The molecule has 272 valence electrons. The molecule has 0 unspecified atom stereocenters. The number of aliphatic hydroxyl groups excluding tert-OH is 1. The Morgan fingerprint density at radius 1 is 1.06 bits per heavy atom. The van der Waals surface area contributed by atoms with Crippen molar-refractivity contribution in [3.05, 3.63) is 87.9 Å². The number of cyclic esters (lactones) is 1. The first-order valence-electron chi connectivity index (χ1n) is 17.3. The number of hydrogen-bond acceptors (Lipinski definition) is 8. The topological polar surface area (TPSA) is 135 Å². The molecule has 1 spiro atoms. The van der Waals surface area contributed by atoms with Crippen LogP contribution in [0.5, 0.6) is 0 Å². The van der Waals surface area contributed by atoms with E-state index in [2.05, 4.69) is 21.2 Å². The second-order valence-corrected chi connectivity index (χ2v) is 14.8. The highest BCUT2D eigenvalue weighted by atomic mass is 79.9. The molecule has 0 aromatic heterocycles. The molecule has 5 bridgehead atoms. The summed E-state index contributed by atoms with van der Waals surface area (Å²) in [6, 6.07) is 13.2. The lowest BCUT2D eigenvalue weighted by Crippen LogP contribution is -2.59. The zero-order chi connectivity index (χ0) is 36.4. The number of para-hydroxylation sites is 1. The second-order valence-electron chi connectivity index (χ2n) is 13.5. The van der Waals surface area contributed by atoms with E-state index in [0.717, 1.165) is 0 Å². The van der Waals surface area contributed by atoms with Gasteiger partial charge >= 0.3 is 5.97 Å². The predicted octanol–water partition coefficient (Wildman–Crippen LogP) is 4.72. The van der Waals surface area contributed by atoms with Gasteiger partial charge in [0, 0.05) is 24.6 Å². The van der Waals surface area contributed by atoms with Gasteiger partial charge in [-0.3, -0.25) is 19.2 Å². The van der Waals surface area contributed by atoms with Gasteiger partial charge in [-0.2, -0.15) is 0 Å². The summed E-state index contributed by atoms with van der Waals surface area (Å²) >= 11 is 10.3.